The molecule has 5 atom stereocenters. The average molecular weight is 291 g/mol. The average Bonchev–Trinajstić information content (AvgIpc) is 2.38. The second-order valence-corrected chi connectivity index (χ2v) is 4.38. The van der Waals surface area contributed by atoms with Gasteiger partial charge in [-0.1, -0.05) is 0 Å². The fourth-order valence-corrected chi connectivity index (χ4v) is 1.85. The second-order valence-electron chi connectivity index (χ2n) is 4.38. The number of hydrogen-bond donors (Lipinski definition) is 6. The molecule has 9 heteroatoms. The van der Waals surface area contributed by atoms with E-state index in [1.54, 1.807) is 0 Å². The summed E-state index contributed by atoms with van der Waals surface area (Å²) in [6, 6.07) is -1.16. The molecular formula is C11H17NO8. The number of aliphatic hydroxyl groups is 4. The molecule has 4 unspecified atom stereocenters. The Morgan fingerprint density at radius 1 is 1.45 bits per heavy atom. The fraction of sp³-hybridized carbons (Fsp3) is 0.636. The van der Waals surface area contributed by atoms with Gasteiger partial charge in [0.15, 0.2) is 6.10 Å². The van der Waals surface area contributed by atoms with Crippen molar-refractivity contribution in [2.75, 3.05) is 6.61 Å². The molecule has 1 aliphatic rings. The largest absolute Gasteiger partial charge is 0.478 e. The molecule has 0 radical (unpaired) electrons. The van der Waals surface area contributed by atoms with Crippen LogP contribution in [0.15, 0.2) is 11.8 Å². The minimum absolute atomic E-state index is 0.541. The molecule has 0 fully saturated rings. The molecule has 0 aromatic carbocycles. The Morgan fingerprint density at radius 3 is 2.50 bits per heavy atom. The molecule has 0 bridgehead atoms. The molecular weight excluding hydrogens is 274 g/mol. The molecule has 1 rings (SSSR count). The van der Waals surface area contributed by atoms with E-state index in [0.717, 1.165) is 13.0 Å². The van der Waals surface area contributed by atoms with E-state index >= 15 is 0 Å². The third-order valence-corrected chi connectivity index (χ3v) is 2.81. The van der Waals surface area contributed by atoms with Crippen molar-refractivity contribution < 1.29 is 39.9 Å². The van der Waals surface area contributed by atoms with E-state index in [0.29, 0.717) is 0 Å². The van der Waals surface area contributed by atoms with Gasteiger partial charge >= 0.3 is 5.97 Å². The van der Waals surface area contributed by atoms with Crippen molar-refractivity contribution in [2.24, 2.45) is 0 Å². The highest BCUT2D eigenvalue weighted by atomic mass is 16.5. The number of carbonyl (C=O) groups excluding carboxylic acids is 1. The summed E-state index contributed by atoms with van der Waals surface area (Å²) in [5.41, 5.74) is 0. The van der Waals surface area contributed by atoms with Gasteiger partial charge in [0.2, 0.25) is 11.7 Å². The van der Waals surface area contributed by atoms with Crippen molar-refractivity contribution in [3.63, 3.8) is 0 Å². The molecule has 9 nitrogen and oxygen atoms in total. The minimum Gasteiger partial charge on any atom is -0.478 e. The summed E-state index contributed by atoms with van der Waals surface area (Å²) in [4.78, 5) is 21.9. The molecule has 1 aliphatic heterocycles. The zero-order valence-electron chi connectivity index (χ0n) is 10.6. The van der Waals surface area contributed by atoms with Crippen molar-refractivity contribution >= 4 is 11.9 Å². The lowest BCUT2D eigenvalue weighted by Gasteiger charge is -2.37. The lowest BCUT2D eigenvalue weighted by atomic mass is 9.94. The van der Waals surface area contributed by atoms with Gasteiger partial charge in [-0.05, 0) is 6.08 Å². The van der Waals surface area contributed by atoms with Crippen LogP contribution in [0.5, 0.6) is 0 Å². The summed E-state index contributed by atoms with van der Waals surface area (Å²) in [7, 11) is 0. The molecule has 0 saturated heterocycles. The van der Waals surface area contributed by atoms with Crippen LogP contribution in [0.3, 0.4) is 0 Å². The predicted molar refractivity (Wildman–Crippen MR) is 63.3 cm³/mol. The first-order valence-corrected chi connectivity index (χ1v) is 5.81. The van der Waals surface area contributed by atoms with Crippen LogP contribution >= 0.6 is 0 Å². The Kier molecular flexibility index (Phi) is 5.45. The van der Waals surface area contributed by atoms with Crippen molar-refractivity contribution in [3.8, 4) is 0 Å². The summed E-state index contributed by atoms with van der Waals surface area (Å²) in [5, 5.41) is 49.0. The van der Waals surface area contributed by atoms with Crippen molar-refractivity contribution in [2.45, 2.75) is 37.4 Å². The lowest BCUT2D eigenvalue weighted by Crippen LogP contribution is -2.59. The van der Waals surface area contributed by atoms with Gasteiger partial charge in [-0.2, -0.15) is 0 Å². The van der Waals surface area contributed by atoms with Gasteiger partial charge in [-0.15, -0.1) is 0 Å². The fourth-order valence-electron chi connectivity index (χ4n) is 1.85. The SMILES string of the molecule is CC(=O)NC1C(O)C=C(C(=O)O)OC1[C@@H](O)C(O)CO. The van der Waals surface area contributed by atoms with E-state index < -0.39 is 54.7 Å². The van der Waals surface area contributed by atoms with Crippen LogP contribution in [-0.4, -0.2) is 74.5 Å². The van der Waals surface area contributed by atoms with Crippen LogP contribution in [0.4, 0.5) is 0 Å². The van der Waals surface area contributed by atoms with E-state index in [-0.39, 0.29) is 0 Å². The summed E-state index contributed by atoms with van der Waals surface area (Å²) in [5.74, 6) is -2.63. The van der Waals surface area contributed by atoms with E-state index in [2.05, 4.69) is 5.32 Å². The first-order valence-electron chi connectivity index (χ1n) is 5.81. The zero-order valence-corrected chi connectivity index (χ0v) is 10.6. The predicted octanol–water partition coefficient (Wildman–Crippen LogP) is -3.07. The summed E-state index contributed by atoms with van der Waals surface area (Å²) in [6.07, 6.45) is -5.29. The number of hydrogen-bond acceptors (Lipinski definition) is 7. The number of nitrogens with one attached hydrogen (secondary N) is 1. The number of aliphatic hydroxyl groups excluding tert-OH is 4. The molecule has 1 amide bonds. The van der Waals surface area contributed by atoms with Gasteiger partial charge in [0.1, 0.15) is 18.3 Å². The van der Waals surface area contributed by atoms with Crippen molar-refractivity contribution in [3.05, 3.63) is 11.8 Å². The summed E-state index contributed by atoms with van der Waals surface area (Å²) >= 11 is 0. The quantitative estimate of drug-likeness (QED) is 0.311. The number of rotatable bonds is 5. The van der Waals surface area contributed by atoms with Crippen LogP contribution in [0.25, 0.3) is 0 Å². The zero-order chi connectivity index (χ0) is 15.4. The van der Waals surface area contributed by atoms with E-state index in [4.69, 9.17) is 14.9 Å². The molecule has 0 aromatic heterocycles. The van der Waals surface area contributed by atoms with Crippen LogP contribution in [-0.2, 0) is 14.3 Å². The maximum atomic E-state index is 11.1. The van der Waals surface area contributed by atoms with Gasteiger partial charge in [0.05, 0.1) is 12.6 Å². The third kappa shape index (κ3) is 3.67. The molecule has 0 spiro atoms. The smallest absolute Gasteiger partial charge is 0.370 e. The molecule has 0 aliphatic carbocycles. The summed E-state index contributed by atoms with van der Waals surface area (Å²) in [6.45, 7) is 0.366. The Labute approximate surface area is 114 Å². The molecule has 0 aromatic rings. The first-order chi connectivity index (χ1) is 9.27. The van der Waals surface area contributed by atoms with Gasteiger partial charge in [0.25, 0.3) is 0 Å². The van der Waals surface area contributed by atoms with Gasteiger partial charge in [0, 0.05) is 6.92 Å². The highest BCUT2D eigenvalue weighted by Crippen LogP contribution is 2.22. The molecule has 0 saturated carbocycles. The third-order valence-electron chi connectivity index (χ3n) is 2.81. The van der Waals surface area contributed by atoms with Gasteiger partial charge in [-0.3, -0.25) is 4.79 Å². The Bertz CT molecular complexity index is 409. The van der Waals surface area contributed by atoms with Gasteiger partial charge in [-0.25, -0.2) is 4.79 Å². The van der Waals surface area contributed by atoms with E-state index in [1.807, 2.05) is 0 Å². The maximum absolute atomic E-state index is 11.1. The molecule has 114 valence electrons. The first kappa shape index (κ1) is 16.4. The Balaban J connectivity index is 3.04. The molecule has 1 heterocycles. The molecule has 20 heavy (non-hydrogen) atoms. The second kappa shape index (κ2) is 6.66. The highest BCUT2D eigenvalue weighted by Gasteiger charge is 2.42. The number of amides is 1. The normalized spacial score (nSPS) is 28.9. The number of aliphatic carboxylic acids is 1. The van der Waals surface area contributed by atoms with Crippen LogP contribution in [0, 0.1) is 0 Å². The van der Waals surface area contributed by atoms with E-state index in [1.165, 1.54) is 0 Å². The highest BCUT2D eigenvalue weighted by molar-refractivity contribution is 5.84. The van der Waals surface area contributed by atoms with Gasteiger partial charge < -0.3 is 35.6 Å². The summed E-state index contributed by atoms with van der Waals surface area (Å²) < 4.78 is 4.98. The van der Waals surface area contributed by atoms with Crippen molar-refractivity contribution in [1.82, 2.24) is 5.32 Å². The minimum atomic E-state index is -1.70. The monoisotopic (exact) mass is 291 g/mol. The molecule has 6 N–H and O–H groups in total. The van der Waals surface area contributed by atoms with E-state index in [9.17, 15) is 24.9 Å². The van der Waals surface area contributed by atoms with Crippen LogP contribution in [0.2, 0.25) is 0 Å². The number of carboxylic acids is 1. The standard InChI is InChI=1S/C11H17NO8/c1-4(14)12-8-5(15)2-7(11(18)19)20-10(8)9(17)6(16)3-13/h2,5-6,8-10,13,15-17H,3H2,1H3,(H,12,14)(H,18,19)/t5?,6?,8?,9-,10?/m0/s1. The lowest BCUT2D eigenvalue weighted by molar-refractivity contribution is -0.149. The number of carbonyl (C=O) groups is 2. The maximum Gasteiger partial charge on any atom is 0.370 e. The topological polar surface area (TPSA) is 157 Å². The van der Waals surface area contributed by atoms with Crippen LogP contribution < -0.4 is 5.32 Å². The Morgan fingerprint density at radius 2 is 2.05 bits per heavy atom. The number of ether oxygens (including phenoxy) is 1. The number of carboxylic acid groups (broad SMARTS) is 1. The van der Waals surface area contributed by atoms with Crippen molar-refractivity contribution in [1.29, 1.82) is 0 Å². The Hall–Kier alpha value is -1.68. The van der Waals surface area contributed by atoms with Crippen LogP contribution in [0.1, 0.15) is 6.92 Å².